The fraction of sp³-hybridized carbons (Fsp3) is 0.727. The maximum Gasteiger partial charge on any atom is 0.313 e. The molecule has 0 aliphatic carbocycles. The van der Waals surface area contributed by atoms with Crippen molar-refractivity contribution in [1.82, 2.24) is 19.5 Å². The Morgan fingerprint density at radius 1 is 1.21 bits per heavy atom. The molecule has 3 heterocycles. The van der Waals surface area contributed by atoms with Crippen LogP contribution >= 0.6 is 0 Å². The Morgan fingerprint density at radius 2 is 1.88 bits per heavy atom. The van der Waals surface area contributed by atoms with Crippen LogP contribution in [0.3, 0.4) is 0 Å². The van der Waals surface area contributed by atoms with E-state index < -0.39 is 44.2 Å². The Kier molecular flexibility index (Phi) is 7.40. The molecule has 1 saturated heterocycles. The van der Waals surface area contributed by atoms with Crippen molar-refractivity contribution in [2.45, 2.75) is 84.2 Å². The highest BCUT2D eigenvalue weighted by Gasteiger charge is 2.48. The number of anilines is 1. The molecule has 0 amide bonds. The molecule has 3 rings (SSSR count). The monoisotopic (exact) mass is 495 g/mol. The maximum atomic E-state index is 12.1. The molecule has 34 heavy (non-hydrogen) atoms. The lowest BCUT2D eigenvalue weighted by atomic mass is 9.98. The first-order valence-corrected chi connectivity index (χ1v) is 14.2. The number of nitrogens with zero attached hydrogens (tertiary/aromatic N) is 4. The van der Waals surface area contributed by atoms with Crippen LogP contribution in [0.2, 0.25) is 18.1 Å². The third-order valence-electron chi connectivity index (χ3n) is 6.45. The molecule has 1 aliphatic rings. The molecule has 3 N–H and O–H groups in total. The molecule has 0 bridgehead atoms. The maximum absolute atomic E-state index is 12.1. The van der Waals surface area contributed by atoms with Gasteiger partial charge in [0.25, 0.3) is 0 Å². The fourth-order valence-corrected chi connectivity index (χ4v) is 4.25. The van der Waals surface area contributed by atoms with Gasteiger partial charge >= 0.3 is 5.97 Å². The summed E-state index contributed by atoms with van der Waals surface area (Å²) in [6.07, 6.45) is -0.546. The summed E-state index contributed by atoms with van der Waals surface area (Å²) in [6.45, 7) is 15.9. The minimum absolute atomic E-state index is 0.00277. The number of aliphatic hydroxyl groups is 1. The number of carbonyl (C=O) groups excluding carboxylic acids is 1. The molecule has 1 aliphatic heterocycles. The first-order chi connectivity index (χ1) is 15.6. The third-order valence-corrected chi connectivity index (χ3v) is 10.9. The van der Waals surface area contributed by atoms with E-state index in [0.717, 1.165) is 0 Å². The summed E-state index contributed by atoms with van der Waals surface area (Å²) in [5, 5.41) is 11.2. The van der Waals surface area contributed by atoms with E-state index in [-0.39, 0.29) is 24.3 Å². The highest BCUT2D eigenvalue weighted by Crippen LogP contribution is 2.39. The Balaban J connectivity index is 1.82. The number of hydrogen-bond donors (Lipinski definition) is 2. The van der Waals surface area contributed by atoms with Gasteiger partial charge in [-0.15, -0.1) is 0 Å². The zero-order valence-corrected chi connectivity index (χ0v) is 22.2. The van der Waals surface area contributed by atoms with E-state index in [0.29, 0.717) is 11.2 Å². The van der Waals surface area contributed by atoms with Gasteiger partial charge in [-0.2, -0.15) is 0 Å². The van der Waals surface area contributed by atoms with Gasteiger partial charge in [0, 0.05) is 0 Å². The molecule has 12 heteroatoms. The highest BCUT2D eigenvalue weighted by molar-refractivity contribution is 6.74. The predicted octanol–water partition coefficient (Wildman–Crippen LogP) is 2.62. The molecule has 190 valence electrons. The minimum Gasteiger partial charge on any atom is -0.438 e. The van der Waals surface area contributed by atoms with Crippen molar-refractivity contribution in [3.8, 4) is 0 Å². The second-order valence-electron chi connectivity index (χ2n) is 11.1. The lowest BCUT2D eigenvalue weighted by Gasteiger charge is -2.37. The zero-order chi connectivity index (χ0) is 25.5. The van der Waals surface area contributed by atoms with Gasteiger partial charge in [0.1, 0.15) is 30.2 Å². The van der Waals surface area contributed by atoms with Crippen LogP contribution in [0.15, 0.2) is 12.7 Å². The van der Waals surface area contributed by atoms with Crippen LogP contribution in [0.25, 0.3) is 11.2 Å². The van der Waals surface area contributed by atoms with E-state index in [1.54, 1.807) is 25.3 Å². The number of nitrogens with two attached hydrogens (primary N) is 1. The second kappa shape index (κ2) is 9.50. The average Bonchev–Trinajstić information content (AvgIpc) is 3.27. The van der Waals surface area contributed by atoms with Gasteiger partial charge in [-0.3, -0.25) is 9.36 Å². The van der Waals surface area contributed by atoms with Gasteiger partial charge in [-0.25, -0.2) is 15.0 Å². The summed E-state index contributed by atoms with van der Waals surface area (Å²) >= 11 is 0. The van der Waals surface area contributed by atoms with E-state index in [1.165, 1.54) is 12.7 Å². The molecule has 0 aromatic carbocycles. The molecule has 1 fully saturated rings. The number of esters is 1. The van der Waals surface area contributed by atoms with E-state index in [1.807, 2.05) is 0 Å². The van der Waals surface area contributed by atoms with Gasteiger partial charge in [0.05, 0.1) is 18.3 Å². The molecule has 0 radical (unpaired) electrons. The van der Waals surface area contributed by atoms with Crippen molar-refractivity contribution >= 4 is 31.3 Å². The van der Waals surface area contributed by atoms with Crippen LogP contribution in [0, 0.1) is 5.41 Å². The van der Waals surface area contributed by atoms with E-state index in [2.05, 4.69) is 48.8 Å². The number of aliphatic hydroxyl groups excluding tert-OH is 1. The van der Waals surface area contributed by atoms with Crippen LogP contribution in [0.5, 0.6) is 0 Å². The molecule has 0 spiro atoms. The zero-order valence-electron chi connectivity index (χ0n) is 21.2. The molecule has 2 aromatic rings. The van der Waals surface area contributed by atoms with Crippen LogP contribution in [-0.2, 0) is 23.4 Å². The van der Waals surface area contributed by atoms with Gasteiger partial charge in [-0.05, 0) is 38.9 Å². The first-order valence-electron chi connectivity index (χ1n) is 11.3. The Labute approximate surface area is 201 Å². The Bertz CT molecular complexity index is 1020. The number of ether oxygens (including phenoxy) is 3. The van der Waals surface area contributed by atoms with E-state index >= 15 is 0 Å². The summed E-state index contributed by atoms with van der Waals surface area (Å²) in [5.41, 5.74) is 6.08. The first kappa shape index (κ1) is 26.5. The van der Waals surface area contributed by atoms with Gasteiger partial charge in [0.15, 0.2) is 32.8 Å². The van der Waals surface area contributed by atoms with Crippen LogP contribution in [0.4, 0.5) is 5.82 Å². The standard InChI is InChI=1S/C22H37N5O6Si/c1-21(2,3)20(29)31-12-30-16-13(9-32-34(7,8)22(4,5)6)33-19(15(16)28)27-11-26-14-17(23)24-10-25-18(14)27/h10-11,13,15-16,19,28H,9,12H2,1-8H3,(H2,23,24,25)/t13-,15?,16?,19-/m1/s1. The van der Waals surface area contributed by atoms with Crippen LogP contribution < -0.4 is 5.73 Å². The van der Waals surface area contributed by atoms with Gasteiger partial charge in [-0.1, -0.05) is 20.8 Å². The molecule has 2 unspecified atom stereocenters. The highest BCUT2D eigenvalue weighted by atomic mass is 28.4. The molecule has 0 saturated carbocycles. The van der Waals surface area contributed by atoms with Crippen molar-refractivity contribution in [3.63, 3.8) is 0 Å². The SMILES string of the molecule is CC(C)(C)C(=O)OCOC1C(O)[C@H](n2cnc3c(N)ncnc32)O[C@@H]1CO[Si](C)(C)C(C)(C)C. The average molecular weight is 496 g/mol. The smallest absolute Gasteiger partial charge is 0.313 e. The minimum atomic E-state index is -2.10. The topological polar surface area (TPSA) is 144 Å². The van der Waals surface area contributed by atoms with E-state index in [4.69, 9.17) is 24.4 Å². The van der Waals surface area contributed by atoms with Crippen LogP contribution in [0.1, 0.15) is 47.8 Å². The molecular formula is C22H37N5O6Si. The quantitative estimate of drug-likeness (QED) is 0.334. The summed E-state index contributed by atoms with van der Waals surface area (Å²) < 4.78 is 25.3. The number of hydrogen-bond acceptors (Lipinski definition) is 10. The van der Waals surface area contributed by atoms with Gasteiger partial charge < -0.3 is 29.5 Å². The number of carbonyl (C=O) groups is 1. The van der Waals surface area contributed by atoms with E-state index in [9.17, 15) is 9.90 Å². The normalized spacial score (nSPS) is 24.0. The second-order valence-corrected chi connectivity index (χ2v) is 16.0. The number of rotatable bonds is 7. The summed E-state index contributed by atoms with van der Waals surface area (Å²) in [7, 11) is -2.10. The summed E-state index contributed by atoms with van der Waals surface area (Å²) in [4.78, 5) is 24.6. The Hall–Kier alpha value is -2.12. The summed E-state index contributed by atoms with van der Waals surface area (Å²) in [6, 6.07) is 0. The molecule has 4 atom stereocenters. The van der Waals surface area contributed by atoms with Crippen molar-refractivity contribution in [3.05, 3.63) is 12.7 Å². The van der Waals surface area contributed by atoms with Crippen molar-refractivity contribution in [2.75, 3.05) is 19.1 Å². The van der Waals surface area contributed by atoms with Gasteiger partial charge in [0.2, 0.25) is 0 Å². The Morgan fingerprint density at radius 3 is 2.50 bits per heavy atom. The largest absolute Gasteiger partial charge is 0.438 e. The molecular weight excluding hydrogens is 458 g/mol. The fourth-order valence-electron chi connectivity index (χ4n) is 3.24. The van der Waals surface area contributed by atoms with Crippen molar-refractivity contribution in [2.24, 2.45) is 5.41 Å². The van der Waals surface area contributed by atoms with Crippen LogP contribution in [-0.4, -0.2) is 70.6 Å². The van der Waals surface area contributed by atoms with Crippen molar-refractivity contribution < 1.29 is 28.5 Å². The molecule has 11 nitrogen and oxygen atoms in total. The molecule has 2 aromatic heterocycles. The summed E-state index contributed by atoms with van der Waals surface area (Å²) in [5.74, 6) is -0.171. The number of imidazole rings is 1. The number of aromatic nitrogens is 4. The van der Waals surface area contributed by atoms with Crippen molar-refractivity contribution in [1.29, 1.82) is 0 Å². The number of fused-ring (bicyclic) bond motifs is 1. The lowest BCUT2D eigenvalue weighted by molar-refractivity contribution is -0.176. The lowest BCUT2D eigenvalue weighted by Crippen LogP contribution is -2.45. The number of nitrogen functional groups attached to an aromatic ring is 1. The predicted molar refractivity (Wildman–Crippen MR) is 128 cm³/mol. The third kappa shape index (κ3) is 5.41.